The molecule has 4 rings (SSSR count). The number of para-hydroxylation sites is 1. The van der Waals surface area contributed by atoms with Crippen molar-refractivity contribution in [1.82, 2.24) is 9.55 Å². The van der Waals surface area contributed by atoms with E-state index in [1.165, 1.54) is 5.56 Å². The van der Waals surface area contributed by atoms with Gasteiger partial charge in [-0.2, -0.15) is 0 Å². The Bertz CT molecular complexity index is 833. The van der Waals surface area contributed by atoms with E-state index in [1.807, 2.05) is 24.3 Å². The average molecular weight is 290 g/mol. The fourth-order valence-corrected chi connectivity index (χ4v) is 3.32. The second kappa shape index (κ2) is 5.41. The molecule has 3 heteroatoms. The predicted octanol–water partition coefficient (Wildman–Crippen LogP) is 3.80. The number of ketones is 1. The Labute approximate surface area is 129 Å². The number of hydrogen-bond acceptors (Lipinski definition) is 2. The summed E-state index contributed by atoms with van der Waals surface area (Å²) in [5.41, 5.74) is 4.16. The summed E-state index contributed by atoms with van der Waals surface area (Å²) < 4.78 is 2.26. The zero-order chi connectivity index (χ0) is 14.9. The van der Waals surface area contributed by atoms with Gasteiger partial charge in [-0.3, -0.25) is 4.79 Å². The lowest BCUT2D eigenvalue weighted by Crippen LogP contribution is -2.05. The monoisotopic (exact) mass is 290 g/mol. The molecule has 1 aliphatic heterocycles. The van der Waals surface area contributed by atoms with E-state index in [0.29, 0.717) is 6.42 Å². The molecule has 0 N–H and O–H groups in total. The van der Waals surface area contributed by atoms with Crippen LogP contribution < -0.4 is 0 Å². The first-order chi connectivity index (χ1) is 10.8. The van der Waals surface area contributed by atoms with Gasteiger partial charge in [-0.05, 0) is 30.5 Å². The number of aryl methyl sites for hydroxylation is 3. The number of benzene rings is 2. The lowest BCUT2D eigenvalue weighted by Gasteiger charge is -2.07. The van der Waals surface area contributed by atoms with Crippen molar-refractivity contribution in [3.05, 3.63) is 65.5 Å². The summed E-state index contributed by atoms with van der Waals surface area (Å²) in [6.45, 7) is 0.892. The summed E-state index contributed by atoms with van der Waals surface area (Å²) in [7, 11) is 0. The smallest absolute Gasteiger partial charge is 0.165 e. The highest BCUT2D eigenvalue weighted by atomic mass is 16.1. The Morgan fingerprint density at radius 1 is 1.00 bits per heavy atom. The lowest BCUT2D eigenvalue weighted by atomic mass is 10.1. The molecule has 0 bridgehead atoms. The van der Waals surface area contributed by atoms with Crippen LogP contribution >= 0.6 is 0 Å². The van der Waals surface area contributed by atoms with Gasteiger partial charge in [0.1, 0.15) is 5.82 Å². The highest BCUT2D eigenvalue weighted by Crippen LogP contribution is 2.26. The first kappa shape index (κ1) is 13.3. The molecular weight excluding hydrogens is 272 g/mol. The number of aromatic nitrogens is 2. The fraction of sp³-hybridized carbons (Fsp3) is 0.263. The largest absolute Gasteiger partial charge is 0.327 e. The molecule has 0 aliphatic carbocycles. The van der Waals surface area contributed by atoms with E-state index >= 15 is 0 Å². The molecule has 0 atom stereocenters. The van der Waals surface area contributed by atoms with E-state index in [1.54, 1.807) is 0 Å². The van der Waals surface area contributed by atoms with Gasteiger partial charge in [0.15, 0.2) is 5.78 Å². The van der Waals surface area contributed by atoms with Crippen LogP contribution in [0.25, 0.3) is 11.0 Å². The number of rotatable bonds is 3. The Kier molecular flexibility index (Phi) is 3.26. The van der Waals surface area contributed by atoms with Crippen molar-refractivity contribution in [2.75, 3.05) is 0 Å². The van der Waals surface area contributed by atoms with Gasteiger partial charge in [0, 0.05) is 24.9 Å². The molecule has 0 fully saturated rings. The van der Waals surface area contributed by atoms with Crippen LogP contribution in [0.2, 0.25) is 0 Å². The van der Waals surface area contributed by atoms with Gasteiger partial charge in [-0.1, -0.05) is 36.4 Å². The van der Waals surface area contributed by atoms with Crippen molar-refractivity contribution in [3.63, 3.8) is 0 Å². The first-order valence-electron chi connectivity index (χ1n) is 7.88. The minimum Gasteiger partial charge on any atom is -0.327 e. The molecule has 1 aromatic heterocycles. The quantitative estimate of drug-likeness (QED) is 0.735. The zero-order valence-corrected chi connectivity index (χ0v) is 12.5. The average Bonchev–Trinajstić information content (AvgIpc) is 2.82. The van der Waals surface area contributed by atoms with Crippen LogP contribution in [0.3, 0.4) is 0 Å². The molecule has 110 valence electrons. The molecule has 0 spiro atoms. The van der Waals surface area contributed by atoms with E-state index < -0.39 is 0 Å². The van der Waals surface area contributed by atoms with Crippen molar-refractivity contribution in [3.8, 4) is 0 Å². The summed E-state index contributed by atoms with van der Waals surface area (Å²) in [6.07, 6.45) is 3.43. The molecule has 22 heavy (non-hydrogen) atoms. The van der Waals surface area contributed by atoms with Crippen molar-refractivity contribution in [2.24, 2.45) is 0 Å². The first-order valence-corrected chi connectivity index (χ1v) is 7.88. The Hall–Kier alpha value is -2.42. The maximum Gasteiger partial charge on any atom is 0.165 e. The van der Waals surface area contributed by atoms with Crippen LogP contribution in [-0.2, 0) is 19.4 Å². The molecular formula is C19H18N2O. The topological polar surface area (TPSA) is 34.9 Å². The number of carbonyl (C=O) groups excluding carboxylic acids is 1. The third-order valence-electron chi connectivity index (χ3n) is 4.41. The third kappa shape index (κ3) is 2.23. The van der Waals surface area contributed by atoms with Crippen LogP contribution in [-0.4, -0.2) is 15.3 Å². The van der Waals surface area contributed by atoms with Gasteiger partial charge < -0.3 is 4.57 Å². The van der Waals surface area contributed by atoms with Gasteiger partial charge in [-0.15, -0.1) is 0 Å². The maximum atomic E-state index is 12.2. The molecule has 2 aromatic carbocycles. The molecule has 0 saturated heterocycles. The highest BCUT2D eigenvalue weighted by Gasteiger charge is 2.20. The summed E-state index contributed by atoms with van der Waals surface area (Å²) in [5, 5.41) is 0. The molecule has 0 radical (unpaired) electrons. The SMILES string of the molecule is O=C1CCCn2c(CCc3ccccc3)nc3cccc1c32. The normalized spacial score (nSPS) is 14.3. The van der Waals surface area contributed by atoms with Gasteiger partial charge >= 0.3 is 0 Å². The Morgan fingerprint density at radius 2 is 1.86 bits per heavy atom. The standard InChI is InChI=1S/C19H18N2O/c22-17-10-5-13-21-18(12-11-14-6-2-1-3-7-14)20-16-9-4-8-15(17)19(16)21/h1-4,6-9H,5,10-13H2. The third-order valence-corrected chi connectivity index (χ3v) is 4.41. The number of hydrogen-bond donors (Lipinski definition) is 0. The minimum absolute atomic E-state index is 0.249. The summed E-state index contributed by atoms with van der Waals surface area (Å²) in [4.78, 5) is 17.0. The lowest BCUT2D eigenvalue weighted by molar-refractivity contribution is 0.0982. The summed E-state index contributed by atoms with van der Waals surface area (Å²) in [6, 6.07) is 16.4. The molecule has 3 nitrogen and oxygen atoms in total. The Morgan fingerprint density at radius 3 is 2.73 bits per heavy atom. The van der Waals surface area contributed by atoms with E-state index in [0.717, 1.165) is 48.2 Å². The number of nitrogens with zero attached hydrogens (tertiary/aromatic N) is 2. The number of carbonyl (C=O) groups is 1. The van der Waals surface area contributed by atoms with Gasteiger partial charge in [0.25, 0.3) is 0 Å². The van der Waals surface area contributed by atoms with Gasteiger partial charge in [-0.25, -0.2) is 4.98 Å². The van der Waals surface area contributed by atoms with Gasteiger partial charge in [0.05, 0.1) is 11.0 Å². The molecule has 0 unspecified atom stereocenters. The van der Waals surface area contributed by atoms with E-state index in [-0.39, 0.29) is 5.78 Å². The molecule has 1 aliphatic rings. The fourth-order valence-electron chi connectivity index (χ4n) is 3.32. The van der Waals surface area contributed by atoms with Crippen LogP contribution in [0.5, 0.6) is 0 Å². The highest BCUT2D eigenvalue weighted by molar-refractivity contribution is 6.06. The number of imidazole rings is 1. The summed E-state index contributed by atoms with van der Waals surface area (Å²) in [5.74, 6) is 1.35. The van der Waals surface area contributed by atoms with Crippen molar-refractivity contribution >= 4 is 16.8 Å². The van der Waals surface area contributed by atoms with Crippen LogP contribution in [0.15, 0.2) is 48.5 Å². The summed E-state index contributed by atoms with van der Waals surface area (Å²) >= 11 is 0. The maximum absolute atomic E-state index is 12.2. The molecule has 0 amide bonds. The predicted molar refractivity (Wildman–Crippen MR) is 87.1 cm³/mol. The number of Topliss-reactive ketones (excluding diaryl/α,β-unsaturated/α-hetero) is 1. The zero-order valence-electron chi connectivity index (χ0n) is 12.5. The molecule has 3 aromatic rings. The molecule has 0 saturated carbocycles. The second-order valence-electron chi connectivity index (χ2n) is 5.87. The van der Waals surface area contributed by atoms with E-state index in [9.17, 15) is 4.79 Å². The minimum atomic E-state index is 0.249. The van der Waals surface area contributed by atoms with Crippen LogP contribution in [0.1, 0.15) is 34.6 Å². The van der Waals surface area contributed by atoms with Crippen molar-refractivity contribution in [1.29, 1.82) is 0 Å². The second-order valence-corrected chi connectivity index (χ2v) is 5.87. The van der Waals surface area contributed by atoms with E-state index in [2.05, 4.69) is 28.8 Å². The van der Waals surface area contributed by atoms with Crippen molar-refractivity contribution in [2.45, 2.75) is 32.2 Å². The van der Waals surface area contributed by atoms with Crippen LogP contribution in [0, 0.1) is 0 Å². The van der Waals surface area contributed by atoms with E-state index in [4.69, 9.17) is 4.98 Å². The van der Waals surface area contributed by atoms with Crippen LogP contribution in [0.4, 0.5) is 0 Å². The van der Waals surface area contributed by atoms with Crippen molar-refractivity contribution < 1.29 is 4.79 Å². The Balaban J connectivity index is 1.74. The van der Waals surface area contributed by atoms with Gasteiger partial charge in [0.2, 0.25) is 0 Å². The molecule has 2 heterocycles.